The van der Waals surface area contributed by atoms with Crippen molar-refractivity contribution in [1.29, 1.82) is 0 Å². The van der Waals surface area contributed by atoms with Crippen molar-refractivity contribution >= 4 is 11.9 Å². The van der Waals surface area contributed by atoms with Crippen LogP contribution < -0.4 is 5.32 Å². The van der Waals surface area contributed by atoms with Crippen LogP contribution in [-0.4, -0.2) is 83.1 Å². The molecule has 208 valence electrons. The third kappa shape index (κ3) is 7.97. The van der Waals surface area contributed by atoms with E-state index in [0.717, 1.165) is 18.4 Å². The van der Waals surface area contributed by atoms with E-state index in [1.165, 1.54) is 13.0 Å². The van der Waals surface area contributed by atoms with E-state index >= 15 is 0 Å². The van der Waals surface area contributed by atoms with Crippen molar-refractivity contribution in [3.63, 3.8) is 0 Å². The minimum absolute atomic E-state index is 0.0170. The number of ether oxygens (including phenoxy) is 4. The summed E-state index contributed by atoms with van der Waals surface area (Å²) in [6.07, 6.45) is 8.86. The van der Waals surface area contributed by atoms with Gasteiger partial charge in [0.15, 0.2) is 0 Å². The molecule has 9 heteroatoms. The Kier molecular flexibility index (Phi) is 9.74. The zero-order chi connectivity index (χ0) is 27.4. The van der Waals surface area contributed by atoms with Crippen LogP contribution in [0.1, 0.15) is 60.8 Å². The Bertz CT molecular complexity index is 910. The number of amides is 1. The normalized spacial score (nSPS) is 39.2. The standard InChI is InChI=1S/C28H43NO8/c1-17(8-11-24-26(33)28(16-34-28)14-27(6,15-30)37-24)7-10-23-18(2)13-22(20(4)36-23)29-25(32)12-9-19(3)35-21(5)31/h7-9,11-12,18-20,22-24,26,30,33H,10,13-16H2,1-6H3,(H,29,32)/b11-8+,12-9-,17-7+/t18-,19+,20+,22+,23-,24+,26+,27+,28+/m0/s1. The molecule has 3 heterocycles. The SMILES string of the molecule is CC(=O)O[C@H](C)/C=C\C(=O)N[C@@H]1C[C@H](C)[C@H](C/C=C(C)/C=C/[C@H]2O[C@@](C)(CO)C[C@@]3(CO3)[C@@H]2O)O[C@@H]1C. The van der Waals surface area contributed by atoms with E-state index in [2.05, 4.69) is 18.3 Å². The Hall–Kier alpha value is -2.04. The van der Waals surface area contributed by atoms with Crippen LogP contribution in [0.15, 0.2) is 36.0 Å². The number of epoxide rings is 1. The monoisotopic (exact) mass is 521 g/mol. The molecular weight excluding hydrogens is 478 g/mol. The summed E-state index contributed by atoms with van der Waals surface area (Å²) in [6, 6.07) is -0.111. The Morgan fingerprint density at radius 1 is 1.24 bits per heavy atom. The molecule has 0 aliphatic carbocycles. The number of carbonyl (C=O) groups is 2. The largest absolute Gasteiger partial charge is 0.459 e. The van der Waals surface area contributed by atoms with Gasteiger partial charge in [-0.25, -0.2) is 0 Å². The topological polar surface area (TPSA) is 127 Å². The van der Waals surface area contributed by atoms with Crippen molar-refractivity contribution in [2.24, 2.45) is 5.92 Å². The predicted molar refractivity (Wildman–Crippen MR) is 138 cm³/mol. The maximum atomic E-state index is 12.3. The van der Waals surface area contributed by atoms with Gasteiger partial charge in [0, 0.05) is 19.4 Å². The zero-order valence-corrected chi connectivity index (χ0v) is 22.8. The fraction of sp³-hybridized carbons (Fsp3) is 0.714. The summed E-state index contributed by atoms with van der Waals surface area (Å²) in [4.78, 5) is 23.3. The number of carbonyl (C=O) groups excluding carboxylic acids is 2. The molecule has 0 radical (unpaired) electrons. The van der Waals surface area contributed by atoms with E-state index in [9.17, 15) is 19.8 Å². The zero-order valence-electron chi connectivity index (χ0n) is 22.8. The Balaban J connectivity index is 1.50. The summed E-state index contributed by atoms with van der Waals surface area (Å²) in [5, 5.41) is 23.5. The van der Waals surface area contributed by atoms with Crippen molar-refractivity contribution in [1.82, 2.24) is 5.32 Å². The van der Waals surface area contributed by atoms with Crippen LogP contribution in [0.25, 0.3) is 0 Å². The summed E-state index contributed by atoms with van der Waals surface area (Å²) in [7, 11) is 0. The first-order valence-electron chi connectivity index (χ1n) is 13.1. The lowest BCUT2D eigenvalue weighted by atomic mass is 9.82. The molecule has 3 rings (SSSR count). The molecule has 3 aliphatic heterocycles. The first-order chi connectivity index (χ1) is 17.4. The molecule has 0 saturated carbocycles. The summed E-state index contributed by atoms with van der Waals surface area (Å²) in [5.74, 6) is -0.398. The van der Waals surface area contributed by atoms with Crippen molar-refractivity contribution in [2.45, 2.75) is 109 Å². The van der Waals surface area contributed by atoms with E-state index in [-0.39, 0.29) is 36.7 Å². The molecule has 9 atom stereocenters. The van der Waals surface area contributed by atoms with E-state index < -0.39 is 35.5 Å². The number of esters is 1. The number of allylic oxidation sites excluding steroid dienone is 2. The van der Waals surface area contributed by atoms with Crippen molar-refractivity contribution < 1.29 is 38.7 Å². The van der Waals surface area contributed by atoms with Crippen LogP contribution in [0.2, 0.25) is 0 Å². The van der Waals surface area contributed by atoms with E-state index in [4.69, 9.17) is 18.9 Å². The molecule has 0 aromatic rings. The average Bonchev–Trinajstić information content (AvgIpc) is 3.59. The van der Waals surface area contributed by atoms with Crippen LogP contribution in [0.4, 0.5) is 0 Å². The Labute approximate surface area is 219 Å². The van der Waals surface area contributed by atoms with Gasteiger partial charge < -0.3 is 34.5 Å². The van der Waals surface area contributed by atoms with Gasteiger partial charge in [0.1, 0.15) is 23.9 Å². The minimum atomic E-state index is -0.773. The maximum Gasteiger partial charge on any atom is 0.303 e. The fourth-order valence-corrected chi connectivity index (χ4v) is 5.16. The van der Waals surface area contributed by atoms with Gasteiger partial charge in [-0.3, -0.25) is 9.59 Å². The number of nitrogens with one attached hydrogen (secondary N) is 1. The van der Waals surface area contributed by atoms with Gasteiger partial charge in [-0.05, 0) is 52.5 Å². The van der Waals surface area contributed by atoms with Gasteiger partial charge in [-0.1, -0.05) is 30.7 Å². The number of rotatable bonds is 9. The molecule has 37 heavy (non-hydrogen) atoms. The van der Waals surface area contributed by atoms with Gasteiger partial charge in [0.05, 0.1) is 37.1 Å². The third-order valence-corrected chi connectivity index (χ3v) is 7.43. The first kappa shape index (κ1) is 29.5. The molecule has 0 aromatic heterocycles. The summed E-state index contributed by atoms with van der Waals surface area (Å²) in [6.45, 7) is 11.3. The Morgan fingerprint density at radius 2 is 1.95 bits per heavy atom. The van der Waals surface area contributed by atoms with E-state index in [1.807, 2.05) is 32.9 Å². The van der Waals surface area contributed by atoms with Crippen LogP contribution >= 0.6 is 0 Å². The van der Waals surface area contributed by atoms with Gasteiger partial charge >= 0.3 is 5.97 Å². The molecule has 0 unspecified atom stereocenters. The van der Waals surface area contributed by atoms with Gasteiger partial charge in [-0.15, -0.1) is 0 Å². The first-order valence-corrected chi connectivity index (χ1v) is 13.1. The molecule has 3 saturated heterocycles. The van der Waals surface area contributed by atoms with Crippen molar-refractivity contribution in [3.05, 3.63) is 36.0 Å². The van der Waals surface area contributed by atoms with Crippen LogP contribution in [0.3, 0.4) is 0 Å². The predicted octanol–water partition coefficient (Wildman–Crippen LogP) is 2.35. The number of hydrogen-bond donors (Lipinski definition) is 3. The fourth-order valence-electron chi connectivity index (χ4n) is 5.16. The lowest BCUT2D eigenvalue weighted by Crippen LogP contribution is -2.56. The average molecular weight is 522 g/mol. The molecule has 0 bridgehead atoms. The van der Waals surface area contributed by atoms with Gasteiger partial charge in [0.2, 0.25) is 5.91 Å². The highest BCUT2D eigenvalue weighted by Gasteiger charge is 2.61. The second kappa shape index (κ2) is 12.2. The van der Waals surface area contributed by atoms with Crippen LogP contribution in [0.5, 0.6) is 0 Å². The van der Waals surface area contributed by atoms with Gasteiger partial charge in [-0.2, -0.15) is 0 Å². The lowest BCUT2D eigenvalue weighted by molar-refractivity contribution is -0.192. The van der Waals surface area contributed by atoms with Crippen molar-refractivity contribution in [2.75, 3.05) is 13.2 Å². The summed E-state index contributed by atoms with van der Waals surface area (Å²) < 4.78 is 22.8. The smallest absolute Gasteiger partial charge is 0.303 e. The van der Waals surface area contributed by atoms with Crippen LogP contribution in [-0.2, 0) is 28.5 Å². The van der Waals surface area contributed by atoms with Gasteiger partial charge in [0.25, 0.3) is 0 Å². The lowest BCUT2D eigenvalue weighted by Gasteiger charge is -2.42. The summed E-state index contributed by atoms with van der Waals surface area (Å²) in [5.41, 5.74) is -0.345. The molecule has 0 aromatic carbocycles. The Morgan fingerprint density at radius 3 is 2.57 bits per heavy atom. The molecule has 1 spiro atoms. The quantitative estimate of drug-likeness (QED) is 0.183. The molecular formula is C28H43NO8. The highest BCUT2D eigenvalue weighted by Crippen LogP contribution is 2.46. The second-order valence-electron chi connectivity index (χ2n) is 11.1. The minimum Gasteiger partial charge on any atom is -0.459 e. The van der Waals surface area contributed by atoms with E-state index in [1.54, 1.807) is 13.0 Å². The second-order valence-corrected chi connectivity index (χ2v) is 11.1. The molecule has 1 amide bonds. The highest BCUT2D eigenvalue weighted by atomic mass is 16.6. The number of aliphatic hydroxyl groups is 2. The molecule has 3 N–H and O–H groups in total. The molecule has 3 fully saturated rings. The third-order valence-electron chi connectivity index (χ3n) is 7.43. The highest BCUT2D eigenvalue weighted by molar-refractivity contribution is 5.87. The number of hydrogen-bond acceptors (Lipinski definition) is 8. The summed E-state index contributed by atoms with van der Waals surface area (Å²) >= 11 is 0. The molecule has 3 aliphatic rings. The maximum absolute atomic E-state index is 12.3. The van der Waals surface area contributed by atoms with Crippen LogP contribution in [0, 0.1) is 5.92 Å². The number of aliphatic hydroxyl groups excluding tert-OH is 2. The van der Waals surface area contributed by atoms with Crippen molar-refractivity contribution in [3.8, 4) is 0 Å². The molecule has 9 nitrogen and oxygen atoms in total. The van der Waals surface area contributed by atoms with E-state index in [0.29, 0.717) is 13.0 Å².